The van der Waals surface area contributed by atoms with Crippen molar-refractivity contribution in [2.45, 2.75) is 49.7 Å². The summed E-state index contributed by atoms with van der Waals surface area (Å²) < 4.78 is 23.4. The van der Waals surface area contributed by atoms with Crippen LogP contribution in [0.5, 0.6) is 23.0 Å². The molecular weight excluding hydrogens is 566 g/mol. The summed E-state index contributed by atoms with van der Waals surface area (Å²) >= 11 is 7.65. The summed E-state index contributed by atoms with van der Waals surface area (Å²) in [5.41, 5.74) is 2.45. The topological polar surface area (TPSA) is 101 Å². The number of unbranched alkanes of at least 4 members (excludes halogenated alkanes) is 2. The van der Waals surface area contributed by atoms with Crippen LogP contribution >= 0.6 is 23.4 Å². The van der Waals surface area contributed by atoms with Crippen LogP contribution in [0, 0.1) is 0 Å². The third-order valence-corrected chi connectivity index (χ3v) is 8.17. The number of fused-ring (bicyclic) bond motifs is 3. The average Bonchev–Trinajstić information content (AvgIpc) is 3.64. The maximum atomic E-state index is 13.6. The molecule has 3 heterocycles. The van der Waals surface area contributed by atoms with E-state index in [0.29, 0.717) is 70.0 Å². The Morgan fingerprint density at radius 1 is 0.902 bits per heavy atom. The summed E-state index contributed by atoms with van der Waals surface area (Å²) in [7, 11) is 0. The van der Waals surface area contributed by atoms with E-state index in [1.165, 1.54) is 11.8 Å². The molecule has 0 radical (unpaired) electrons. The summed E-state index contributed by atoms with van der Waals surface area (Å²) in [6.45, 7) is 1.27. The van der Waals surface area contributed by atoms with Crippen LogP contribution in [0.1, 0.15) is 36.8 Å². The highest BCUT2D eigenvalue weighted by Gasteiger charge is 2.19. The first-order valence-corrected chi connectivity index (χ1v) is 14.8. The molecule has 0 bridgehead atoms. The molecule has 1 aromatic heterocycles. The molecule has 41 heavy (non-hydrogen) atoms. The number of nitrogens with one attached hydrogen (secondary N) is 1. The Balaban J connectivity index is 1.07. The number of hydrogen-bond donors (Lipinski definition) is 1. The van der Waals surface area contributed by atoms with Gasteiger partial charge in [-0.15, -0.1) is 0 Å². The Hall–Kier alpha value is -3.89. The number of thioether (sulfide) groups is 1. The van der Waals surface area contributed by atoms with Crippen molar-refractivity contribution in [3.8, 4) is 23.0 Å². The second-order valence-corrected chi connectivity index (χ2v) is 11.1. The van der Waals surface area contributed by atoms with Crippen molar-refractivity contribution in [2.75, 3.05) is 13.6 Å². The number of hydrogen-bond acceptors (Lipinski definition) is 8. The van der Waals surface area contributed by atoms with E-state index in [1.54, 1.807) is 16.7 Å². The normalized spacial score (nSPS) is 13.1. The second-order valence-electron chi connectivity index (χ2n) is 9.77. The van der Waals surface area contributed by atoms with E-state index in [1.807, 2.05) is 42.5 Å². The van der Waals surface area contributed by atoms with Gasteiger partial charge in [-0.3, -0.25) is 14.2 Å². The van der Waals surface area contributed by atoms with Crippen LogP contribution in [-0.4, -0.2) is 29.0 Å². The van der Waals surface area contributed by atoms with Gasteiger partial charge in [-0.2, -0.15) is 0 Å². The molecule has 0 saturated heterocycles. The molecule has 0 saturated carbocycles. The highest BCUT2D eigenvalue weighted by Crippen LogP contribution is 2.35. The zero-order valence-corrected chi connectivity index (χ0v) is 23.8. The van der Waals surface area contributed by atoms with Gasteiger partial charge in [0.05, 0.1) is 10.9 Å². The third kappa shape index (κ3) is 6.39. The van der Waals surface area contributed by atoms with Gasteiger partial charge in [-0.1, -0.05) is 48.0 Å². The fraction of sp³-hybridized carbons (Fsp3) is 0.300. The predicted octanol–water partition coefficient (Wildman–Crippen LogP) is 5.68. The fourth-order valence-corrected chi connectivity index (χ4v) is 5.93. The number of amides is 1. The van der Waals surface area contributed by atoms with Crippen molar-refractivity contribution in [3.05, 3.63) is 81.1 Å². The highest BCUT2D eigenvalue weighted by atomic mass is 35.5. The summed E-state index contributed by atoms with van der Waals surface area (Å²) in [4.78, 5) is 30.8. The van der Waals surface area contributed by atoms with Crippen LogP contribution in [0.3, 0.4) is 0 Å². The van der Waals surface area contributed by atoms with Crippen molar-refractivity contribution in [3.63, 3.8) is 0 Å². The van der Waals surface area contributed by atoms with Crippen LogP contribution in [0.2, 0.25) is 5.02 Å². The third-order valence-electron chi connectivity index (χ3n) is 6.88. The molecule has 11 heteroatoms. The zero-order valence-electron chi connectivity index (χ0n) is 22.2. The number of rotatable bonds is 11. The van der Waals surface area contributed by atoms with E-state index in [-0.39, 0.29) is 25.1 Å². The maximum absolute atomic E-state index is 13.6. The first-order chi connectivity index (χ1) is 20.0. The van der Waals surface area contributed by atoms with E-state index in [2.05, 4.69) is 5.32 Å². The van der Waals surface area contributed by atoms with Crippen LogP contribution in [0.25, 0.3) is 10.9 Å². The quantitative estimate of drug-likeness (QED) is 0.135. The molecule has 4 aromatic rings. The van der Waals surface area contributed by atoms with Crippen molar-refractivity contribution in [1.82, 2.24) is 14.9 Å². The summed E-state index contributed by atoms with van der Waals surface area (Å²) in [5, 5.41) is 4.74. The number of carbonyl (C=O) groups is 1. The van der Waals surface area contributed by atoms with E-state index in [4.69, 9.17) is 35.5 Å². The molecule has 212 valence electrons. The smallest absolute Gasteiger partial charge is 0.262 e. The standard InChI is InChI=1S/C30H28ClN3O6S/c31-21-6-4-5-20(11-21)16-41-30-33-23-14-27-26(39-18-40-27)13-22(23)29(36)34(30)10-3-1-2-7-28(35)32-15-19-8-9-24-25(12-19)38-17-37-24/h4-6,8-9,11-14H,1-3,7,10,15-18H2,(H,32,35). The number of benzene rings is 3. The molecule has 0 atom stereocenters. The highest BCUT2D eigenvalue weighted by molar-refractivity contribution is 7.98. The molecule has 0 fully saturated rings. The molecule has 6 rings (SSSR count). The van der Waals surface area contributed by atoms with Gasteiger partial charge in [0.15, 0.2) is 28.2 Å². The van der Waals surface area contributed by atoms with Crippen molar-refractivity contribution < 1.29 is 23.7 Å². The molecule has 1 N–H and O–H groups in total. The first-order valence-electron chi connectivity index (χ1n) is 13.4. The van der Waals surface area contributed by atoms with Crippen LogP contribution in [0.15, 0.2) is 64.5 Å². The number of ether oxygens (including phenoxy) is 4. The Bertz CT molecular complexity index is 1660. The average molecular weight is 594 g/mol. The van der Waals surface area contributed by atoms with Gasteiger partial charge >= 0.3 is 0 Å². The number of carbonyl (C=O) groups excluding carboxylic acids is 1. The molecular formula is C30H28ClN3O6S. The minimum absolute atomic E-state index is 0.0129. The summed E-state index contributed by atoms with van der Waals surface area (Å²) in [5.74, 6) is 3.16. The van der Waals surface area contributed by atoms with Crippen LogP contribution in [-0.2, 0) is 23.6 Å². The van der Waals surface area contributed by atoms with Gasteiger partial charge in [0.25, 0.3) is 5.56 Å². The molecule has 1 amide bonds. The lowest BCUT2D eigenvalue weighted by atomic mass is 10.1. The molecule has 3 aromatic carbocycles. The van der Waals surface area contributed by atoms with E-state index < -0.39 is 0 Å². The van der Waals surface area contributed by atoms with Crippen molar-refractivity contribution in [2.24, 2.45) is 0 Å². The molecule has 0 spiro atoms. The van der Waals surface area contributed by atoms with Gasteiger partial charge in [0, 0.05) is 36.4 Å². The lowest BCUT2D eigenvalue weighted by Gasteiger charge is -2.14. The monoisotopic (exact) mass is 593 g/mol. The minimum atomic E-state index is -0.122. The van der Waals surface area contributed by atoms with E-state index in [0.717, 1.165) is 29.7 Å². The second kappa shape index (κ2) is 12.3. The van der Waals surface area contributed by atoms with Crippen LogP contribution < -0.4 is 29.8 Å². The Labute approximate surface area is 245 Å². The maximum Gasteiger partial charge on any atom is 0.262 e. The van der Waals surface area contributed by atoms with Gasteiger partial charge in [0.1, 0.15) is 0 Å². The molecule has 9 nitrogen and oxygen atoms in total. The summed E-state index contributed by atoms with van der Waals surface area (Å²) in [6.07, 6.45) is 2.65. The Kier molecular flexibility index (Phi) is 8.20. The molecule has 2 aliphatic heterocycles. The van der Waals surface area contributed by atoms with E-state index >= 15 is 0 Å². The van der Waals surface area contributed by atoms with Gasteiger partial charge in [0.2, 0.25) is 19.5 Å². The lowest BCUT2D eigenvalue weighted by molar-refractivity contribution is -0.121. The molecule has 0 unspecified atom stereocenters. The molecule has 2 aliphatic rings. The Morgan fingerprint density at radius 3 is 2.51 bits per heavy atom. The predicted molar refractivity (Wildman–Crippen MR) is 156 cm³/mol. The largest absolute Gasteiger partial charge is 0.454 e. The van der Waals surface area contributed by atoms with E-state index in [9.17, 15) is 9.59 Å². The number of aromatic nitrogens is 2. The SMILES string of the molecule is O=C(CCCCCn1c(SCc2cccc(Cl)c2)nc2cc3c(cc2c1=O)OCO3)NCc1ccc2c(c1)OCO2. The first kappa shape index (κ1) is 27.3. The zero-order chi connectivity index (χ0) is 28.2. The fourth-order valence-electron chi connectivity index (χ4n) is 4.74. The van der Waals surface area contributed by atoms with Crippen molar-refractivity contribution >= 4 is 40.2 Å². The van der Waals surface area contributed by atoms with Gasteiger partial charge in [-0.25, -0.2) is 4.98 Å². The molecule has 0 aliphatic carbocycles. The lowest BCUT2D eigenvalue weighted by Crippen LogP contribution is -2.24. The number of nitrogens with zero attached hydrogens (tertiary/aromatic N) is 2. The van der Waals surface area contributed by atoms with Crippen molar-refractivity contribution in [1.29, 1.82) is 0 Å². The van der Waals surface area contributed by atoms with Gasteiger partial charge < -0.3 is 24.3 Å². The minimum Gasteiger partial charge on any atom is -0.454 e. The van der Waals surface area contributed by atoms with Crippen LogP contribution in [0.4, 0.5) is 0 Å². The number of halogens is 1. The summed E-state index contributed by atoms with van der Waals surface area (Å²) in [6, 6.07) is 16.8. The van der Waals surface area contributed by atoms with Gasteiger partial charge in [-0.05, 0) is 54.3 Å². The Morgan fingerprint density at radius 2 is 1.68 bits per heavy atom.